The Morgan fingerprint density at radius 1 is 1.12 bits per heavy atom. The summed E-state index contributed by atoms with van der Waals surface area (Å²) < 4.78 is 0. The maximum absolute atomic E-state index is 12.4. The van der Waals surface area contributed by atoms with Crippen LogP contribution in [-0.2, 0) is 4.79 Å². The van der Waals surface area contributed by atoms with E-state index < -0.39 is 0 Å². The Kier molecular flexibility index (Phi) is 6.51. The Hall–Kier alpha value is -2.89. The lowest BCUT2D eigenvalue weighted by Gasteiger charge is -2.19. The zero-order valence-electron chi connectivity index (χ0n) is 14.8. The van der Waals surface area contributed by atoms with Crippen molar-refractivity contribution in [2.45, 2.75) is 13.8 Å². The number of nitrogens with zero attached hydrogens (tertiary/aromatic N) is 2. The van der Waals surface area contributed by atoms with E-state index in [0.29, 0.717) is 18.8 Å². The summed E-state index contributed by atoms with van der Waals surface area (Å²) in [5, 5.41) is 5.68. The maximum Gasteiger partial charge on any atom is 0.321 e. The predicted octanol–water partition coefficient (Wildman–Crippen LogP) is 2.98. The first-order chi connectivity index (χ1) is 12.0. The third-order valence-corrected chi connectivity index (χ3v) is 3.71. The largest absolute Gasteiger partial charge is 0.354 e. The van der Waals surface area contributed by atoms with Crippen molar-refractivity contribution < 1.29 is 9.59 Å². The van der Waals surface area contributed by atoms with E-state index in [1.54, 1.807) is 19.3 Å². The fourth-order valence-corrected chi connectivity index (χ4v) is 2.20. The summed E-state index contributed by atoms with van der Waals surface area (Å²) in [5.74, 6) is -0.0876. The number of aromatic nitrogens is 1. The zero-order chi connectivity index (χ0) is 18.2. The highest BCUT2D eigenvalue weighted by Gasteiger charge is 2.13. The highest BCUT2D eigenvalue weighted by molar-refractivity contribution is 5.93. The van der Waals surface area contributed by atoms with Crippen LogP contribution in [0, 0.1) is 5.92 Å². The fourth-order valence-electron chi connectivity index (χ4n) is 2.20. The molecule has 1 aromatic heterocycles. The molecule has 0 aliphatic rings. The van der Waals surface area contributed by atoms with E-state index in [0.717, 1.165) is 11.3 Å². The van der Waals surface area contributed by atoms with Crippen LogP contribution in [0.5, 0.6) is 0 Å². The summed E-state index contributed by atoms with van der Waals surface area (Å²) >= 11 is 0. The second kappa shape index (κ2) is 8.82. The Balaban J connectivity index is 1.98. The minimum atomic E-state index is -0.246. The minimum Gasteiger partial charge on any atom is -0.354 e. The number of anilines is 1. The van der Waals surface area contributed by atoms with Crippen LogP contribution >= 0.6 is 0 Å². The highest BCUT2D eigenvalue weighted by atomic mass is 16.2. The van der Waals surface area contributed by atoms with Gasteiger partial charge in [-0.05, 0) is 12.1 Å². The molecule has 1 aromatic carbocycles. The zero-order valence-corrected chi connectivity index (χ0v) is 14.8. The van der Waals surface area contributed by atoms with E-state index in [2.05, 4.69) is 15.6 Å². The highest BCUT2D eigenvalue weighted by Crippen LogP contribution is 2.25. The van der Waals surface area contributed by atoms with E-state index in [4.69, 9.17) is 0 Å². The van der Waals surface area contributed by atoms with Crippen molar-refractivity contribution in [2.75, 3.05) is 25.5 Å². The van der Waals surface area contributed by atoms with E-state index in [1.807, 2.05) is 50.2 Å². The second-order valence-corrected chi connectivity index (χ2v) is 6.06. The van der Waals surface area contributed by atoms with Gasteiger partial charge in [-0.3, -0.25) is 9.78 Å². The molecule has 132 valence electrons. The number of pyridine rings is 1. The lowest BCUT2D eigenvalue weighted by Crippen LogP contribution is -2.39. The number of urea groups is 1. The van der Waals surface area contributed by atoms with Crippen molar-refractivity contribution in [2.24, 2.45) is 5.92 Å². The van der Waals surface area contributed by atoms with Crippen LogP contribution in [-0.4, -0.2) is 42.0 Å². The monoisotopic (exact) mass is 340 g/mol. The Bertz CT molecular complexity index is 716. The third kappa shape index (κ3) is 5.31. The average molecular weight is 340 g/mol. The standard InChI is InChI=1S/C19H24N4O2/c1-14(2)18(24)21-12-13-23(3)19(25)22-16-10-7-11-20-17(16)15-8-5-4-6-9-15/h4-11,14H,12-13H2,1-3H3,(H,21,24)(H,22,25). The smallest absolute Gasteiger partial charge is 0.321 e. The van der Waals surface area contributed by atoms with Gasteiger partial charge in [0.05, 0.1) is 11.4 Å². The van der Waals surface area contributed by atoms with Crippen LogP contribution in [0.3, 0.4) is 0 Å². The van der Waals surface area contributed by atoms with Gasteiger partial charge in [0.25, 0.3) is 0 Å². The van der Waals surface area contributed by atoms with Gasteiger partial charge in [0.15, 0.2) is 0 Å². The third-order valence-electron chi connectivity index (χ3n) is 3.71. The molecule has 2 rings (SSSR count). The van der Waals surface area contributed by atoms with E-state index in [1.165, 1.54) is 4.90 Å². The van der Waals surface area contributed by atoms with Crippen LogP contribution in [0.15, 0.2) is 48.7 Å². The van der Waals surface area contributed by atoms with Crippen molar-refractivity contribution in [1.29, 1.82) is 0 Å². The van der Waals surface area contributed by atoms with Gasteiger partial charge in [0.2, 0.25) is 5.91 Å². The molecule has 0 atom stereocenters. The van der Waals surface area contributed by atoms with E-state index in [9.17, 15) is 9.59 Å². The van der Waals surface area contributed by atoms with E-state index in [-0.39, 0.29) is 17.9 Å². The lowest BCUT2D eigenvalue weighted by atomic mass is 10.1. The van der Waals surface area contributed by atoms with Crippen molar-refractivity contribution in [3.63, 3.8) is 0 Å². The first kappa shape index (κ1) is 18.4. The Labute approximate surface area is 148 Å². The van der Waals surface area contributed by atoms with Gasteiger partial charge in [-0.1, -0.05) is 44.2 Å². The topological polar surface area (TPSA) is 74.3 Å². The summed E-state index contributed by atoms with van der Waals surface area (Å²) in [6.07, 6.45) is 1.70. The van der Waals surface area contributed by atoms with Crippen molar-refractivity contribution >= 4 is 17.6 Å². The molecule has 0 aliphatic carbocycles. The van der Waals surface area contributed by atoms with Crippen LogP contribution in [0.1, 0.15) is 13.8 Å². The lowest BCUT2D eigenvalue weighted by molar-refractivity contribution is -0.123. The first-order valence-corrected chi connectivity index (χ1v) is 8.29. The first-order valence-electron chi connectivity index (χ1n) is 8.29. The molecule has 0 spiro atoms. The minimum absolute atomic E-state index is 0.0209. The Morgan fingerprint density at radius 2 is 1.84 bits per heavy atom. The quantitative estimate of drug-likeness (QED) is 0.849. The van der Waals surface area contributed by atoms with Gasteiger partial charge >= 0.3 is 6.03 Å². The molecule has 3 amide bonds. The molecular formula is C19H24N4O2. The maximum atomic E-state index is 12.4. The van der Waals surface area contributed by atoms with Gasteiger partial charge in [-0.15, -0.1) is 0 Å². The van der Waals surface area contributed by atoms with Crippen LogP contribution in [0.25, 0.3) is 11.3 Å². The van der Waals surface area contributed by atoms with Crippen LogP contribution in [0.4, 0.5) is 10.5 Å². The van der Waals surface area contributed by atoms with Gasteiger partial charge < -0.3 is 15.5 Å². The molecule has 0 unspecified atom stereocenters. The molecule has 0 radical (unpaired) electrons. The molecule has 25 heavy (non-hydrogen) atoms. The summed E-state index contributed by atoms with van der Waals surface area (Å²) in [6.45, 7) is 4.50. The molecule has 0 fully saturated rings. The number of hydrogen-bond donors (Lipinski definition) is 2. The SMILES string of the molecule is CC(C)C(=O)NCCN(C)C(=O)Nc1cccnc1-c1ccccc1. The number of nitrogens with one attached hydrogen (secondary N) is 2. The molecular weight excluding hydrogens is 316 g/mol. The van der Waals surface area contributed by atoms with Gasteiger partial charge in [-0.2, -0.15) is 0 Å². The Morgan fingerprint density at radius 3 is 2.52 bits per heavy atom. The van der Waals surface area contributed by atoms with E-state index >= 15 is 0 Å². The van der Waals surface area contributed by atoms with Crippen molar-refractivity contribution in [3.05, 3.63) is 48.7 Å². The normalized spacial score (nSPS) is 10.4. The molecule has 0 saturated heterocycles. The summed E-state index contributed by atoms with van der Waals surface area (Å²) in [7, 11) is 1.69. The number of hydrogen-bond acceptors (Lipinski definition) is 3. The summed E-state index contributed by atoms with van der Waals surface area (Å²) in [4.78, 5) is 29.8. The number of carbonyl (C=O) groups excluding carboxylic acids is 2. The van der Waals surface area contributed by atoms with Gasteiger partial charge in [0, 0.05) is 37.8 Å². The molecule has 2 N–H and O–H groups in total. The number of rotatable bonds is 6. The van der Waals surface area contributed by atoms with Crippen LogP contribution < -0.4 is 10.6 Å². The number of carbonyl (C=O) groups is 2. The molecule has 0 bridgehead atoms. The molecule has 6 heteroatoms. The van der Waals surface area contributed by atoms with Crippen LogP contribution in [0.2, 0.25) is 0 Å². The molecule has 0 saturated carbocycles. The predicted molar refractivity (Wildman–Crippen MR) is 99.2 cm³/mol. The van der Waals surface area contributed by atoms with Gasteiger partial charge in [-0.25, -0.2) is 4.79 Å². The summed E-state index contributed by atoms with van der Waals surface area (Å²) in [6, 6.07) is 13.0. The number of benzene rings is 1. The number of likely N-dealkylation sites (N-methyl/N-ethyl adjacent to an activating group) is 1. The average Bonchev–Trinajstić information content (AvgIpc) is 2.62. The molecule has 1 heterocycles. The summed E-state index contributed by atoms with van der Waals surface area (Å²) in [5.41, 5.74) is 2.31. The fraction of sp³-hybridized carbons (Fsp3) is 0.316. The van der Waals surface area contributed by atoms with Crippen molar-refractivity contribution in [1.82, 2.24) is 15.2 Å². The number of amides is 3. The van der Waals surface area contributed by atoms with Crippen molar-refractivity contribution in [3.8, 4) is 11.3 Å². The molecule has 6 nitrogen and oxygen atoms in total. The van der Waals surface area contributed by atoms with Gasteiger partial charge in [0.1, 0.15) is 0 Å². The molecule has 2 aromatic rings. The molecule has 0 aliphatic heterocycles. The second-order valence-electron chi connectivity index (χ2n) is 6.06.